The monoisotopic (exact) mass is 532 g/mol. The fourth-order valence-electron chi connectivity index (χ4n) is 3.69. The molecule has 0 saturated carbocycles. The van der Waals surface area contributed by atoms with E-state index in [9.17, 15) is 26.3 Å². The molecule has 4 rings (SSSR count). The lowest BCUT2D eigenvalue weighted by molar-refractivity contribution is -0.162. The number of aromatic nitrogens is 2. The average Bonchev–Trinajstić information content (AvgIpc) is 2.90. The smallest absolute Gasteiger partial charge is 0.417 e. The second kappa shape index (κ2) is 11.5. The Kier molecular flexibility index (Phi) is 8.19. The van der Waals surface area contributed by atoms with Gasteiger partial charge in [0.15, 0.2) is 5.75 Å². The Morgan fingerprint density at radius 2 is 1.13 bits per heavy atom. The maximum Gasteiger partial charge on any atom is 0.417 e. The van der Waals surface area contributed by atoms with Gasteiger partial charge in [-0.25, -0.2) is 0 Å². The van der Waals surface area contributed by atoms with Crippen LogP contribution in [0, 0.1) is 0 Å². The summed E-state index contributed by atoms with van der Waals surface area (Å²) in [6, 6.07) is 22.3. The largest absolute Gasteiger partial charge is 0.483 e. The molecule has 1 heterocycles. The molecular formula is C28H22F6N2O2. The van der Waals surface area contributed by atoms with E-state index in [0.29, 0.717) is 17.8 Å². The first kappa shape index (κ1) is 27.0. The van der Waals surface area contributed by atoms with Gasteiger partial charge in [-0.2, -0.15) is 31.4 Å². The van der Waals surface area contributed by atoms with E-state index in [1.807, 2.05) is 60.7 Å². The summed E-state index contributed by atoms with van der Waals surface area (Å²) >= 11 is 0. The normalized spacial score (nSPS) is 11.8. The van der Waals surface area contributed by atoms with Gasteiger partial charge in [-0.05, 0) is 41.7 Å². The van der Waals surface area contributed by atoms with Gasteiger partial charge in [-0.3, -0.25) is 0 Å². The summed E-state index contributed by atoms with van der Waals surface area (Å²) in [4.78, 5) is 0. The Hall–Kier alpha value is -4.08. The summed E-state index contributed by atoms with van der Waals surface area (Å²) in [5.74, 6) is 0.431. The number of hydrogen-bond donors (Lipinski definition) is 0. The lowest BCUT2D eigenvalue weighted by atomic mass is 9.99. The van der Waals surface area contributed by atoms with E-state index < -0.39 is 23.5 Å². The molecule has 1 aromatic heterocycles. The lowest BCUT2D eigenvalue weighted by Crippen LogP contribution is -2.17. The molecular weight excluding hydrogens is 510 g/mol. The van der Waals surface area contributed by atoms with E-state index >= 15 is 0 Å². The highest BCUT2D eigenvalue weighted by molar-refractivity contribution is 5.38. The zero-order valence-corrected chi connectivity index (χ0v) is 19.9. The van der Waals surface area contributed by atoms with Crippen molar-refractivity contribution in [3.63, 3.8) is 0 Å². The number of benzene rings is 3. The van der Waals surface area contributed by atoms with Crippen LogP contribution in [-0.2, 0) is 38.4 Å². The molecule has 0 saturated heterocycles. The molecule has 0 aliphatic rings. The fourth-order valence-corrected chi connectivity index (χ4v) is 3.69. The van der Waals surface area contributed by atoms with E-state index in [2.05, 4.69) is 10.2 Å². The van der Waals surface area contributed by atoms with Crippen molar-refractivity contribution in [3.8, 4) is 11.6 Å². The Morgan fingerprint density at radius 3 is 1.71 bits per heavy atom. The van der Waals surface area contributed by atoms with Crippen molar-refractivity contribution >= 4 is 0 Å². The molecule has 0 aliphatic heterocycles. The molecule has 0 unspecified atom stereocenters. The third kappa shape index (κ3) is 7.24. The summed E-state index contributed by atoms with van der Waals surface area (Å²) in [5, 5.41) is 8.19. The SMILES string of the molecule is FC(F)(F)c1ccc(CCc2cc(OCc3ccccc3)c(OCc3ccccc3)nn2)cc1C(F)(F)F. The minimum Gasteiger partial charge on any atom is -0.483 e. The third-order valence-electron chi connectivity index (χ3n) is 5.60. The average molecular weight is 532 g/mol. The first-order chi connectivity index (χ1) is 18.1. The minimum absolute atomic E-state index is 0.0121. The minimum atomic E-state index is -5.14. The number of hydrogen-bond acceptors (Lipinski definition) is 4. The summed E-state index contributed by atoms with van der Waals surface area (Å²) < 4.78 is 90.8. The highest BCUT2D eigenvalue weighted by Gasteiger charge is 2.43. The lowest BCUT2D eigenvalue weighted by Gasteiger charge is -2.16. The Morgan fingerprint density at radius 1 is 0.553 bits per heavy atom. The quantitative estimate of drug-likeness (QED) is 0.210. The van der Waals surface area contributed by atoms with Crippen LogP contribution in [0.4, 0.5) is 26.3 Å². The zero-order valence-electron chi connectivity index (χ0n) is 19.9. The Bertz CT molecular complexity index is 1340. The Balaban J connectivity index is 1.53. The van der Waals surface area contributed by atoms with Gasteiger partial charge in [0, 0.05) is 6.07 Å². The molecule has 3 aromatic carbocycles. The number of nitrogens with zero attached hydrogens (tertiary/aromatic N) is 2. The predicted octanol–water partition coefficient (Wildman–Crippen LogP) is 7.46. The van der Waals surface area contributed by atoms with Crippen LogP contribution in [-0.4, -0.2) is 10.2 Å². The van der Waals surface area contributed by atoms with E-state index in [0.717, 1.165) is 17.2 Å². The van der Waals surface area contributed by atoms with Gasteiger partial charge < -0.3 is 9.47 Å². The van der Waals surface area contributed by atoms with Crippen molar-refractivity contribution in [2.75, 3.05) is 0 Å². The van der Waals surface area contributed by atoms with E-state index in [1.54, 1.807) is 6.07 Å². The van der Waals surface area contributed by atoms with Crippen LogP contribution in [0.5, 0.6) is 11.6 Å². The molecule has 10 heteroatoms. The summed E-state index contributed by atoms with van der Waals surface area (Å²) in [5.41, 5.74) is -1.17. The molecule has 0 aliphatic carbocycles. The van der Waals surface area contributed by atoms with Gasteiger partial charge in [0.25, 0.3) is 5.88 Å². The molecule has 4 aromatic rings. The predicted molar refractivity (Wildman–Crippen MR) is 127 cm³/mol. The molecule has 0 spiro atoms. The molecule has 0 atom stereocenters. The van der Waals surface area contributed by atoms with Gasteiger partial charge in [0.1, 0.15) is 13.2 Å². The second-order valence-electron chi connectivity index (χ2n) is 8.43. The van der Waals surface area contributed by atoms with Crippen molar-refractivity contribution in [1.82, 2.24) is 10.2 Å². The van der Waals surface area contributed by atoms with Crippen LogP contribution in [0.1, 0.15) is 33.5 Å². The number of aryl methyl sites for hydroxylation is 2. The zero-order chi connectivity index (χ0) is 27.2. The number of rotatable bonds is 9. The molecule has 0 amide bonds. The maximum absolute atomic E-state index is 13.3. The summed E-state index contributed by atoms with van der Waals surface area (Å²) in [7, 11) is 0. The van der Waals surface area contributed by atoms with E-state index in [1.165, 1.54) is 0 Å². The van der Waals surface area contributed by atoms with Gasteiger partial charge in [0.2, 0.25) is 0 Å². The standard InChI is InChI=1S/C28H22F6N2O2/c29-27(30,31)23-14-12-19(15-24(23)28(32,33)34)11-13-22-16-25(37-17-20-7-3-1-4-8-20)26(36-35-22)38-18-21-9-5-2-6-10-21/h1-10,12,14-16H,11,13,17-18H2. The van der Waals surface area contributed by atoms with Crippen LogP contribution < -0.4 is 9.47 Å². The van der Waals surface area contributed by atoms with Crippen molar-refractivity contribution in [2.24, 2.45) is 0 Å². The number of alkyl halides is 6. The molecule has 0 fully saturated rings. The number of ether oxygens (including phenoxy) is 2. The van der Waals surface area contributed by atoms with Crippen molar-refractivity contribution in [1.29, 1.82) is 0 Å². The highest BCUT2D eigenvalue weighted by atomic mass is 19.4. The maximum atomic E-state index is 13.3. The van der Waals surface area contributed by atoms with Crippen LogP contribution in [0.25, 0.3) is 0 Å². The first-order valence-corrected chi connectivity index (χ1v) is 11.6. The van der Waals surface area contributed by atoms with Gasteiger partial charge in [-0.1, -0.05) is 66.7 Å². The molecule has 0 radical (unpaired) electrons. The van der Waals surface area contributed by atoms with E-state index in [4.69, 9.17) is 9.47 Å². The topological polar surface area (TPSA) is 44.2 Å². The highest BCUT2D eigenvalue weighted by Crippen LogP contribution is 2.40. The summed E-state index contributed by atoms with van der Waals surface area (Å²) in [6.07, 6.45) is -10.1. The first-order valence-electron chi connectivity index (χ1n) is 11.6. The van der Waals surface area contributed by atoms with Crippen LogP contribution >= 0.6 is 0 Å². The van der Waals surface area contributed by atoms with Gasteiger partial charge >= 0.3 is 12.4 Å². The second-order valence-corrected chi connectivity index (χ2v) is 8.43. The molecule has 0 N–H and O–H groups in total. The molecule has 38 heavy (non-hydrogen) atoms. The van der Waals surface area contributed by atoms with Crippen LogP contribution in [0.15, 0.2) is 84.9 Å². The van der Waals surface area contributed by atoms with Crippen molar-refractivity contribution in [2.45, 2.75) is 38.4 Å². The molecule has 0 bridgehead atoms. The van der Waals surface area contributed by atoms with Gasteiger partial charge in [0.05, 0.1) is 16.8 Å². The van der Waals surface area contributed by atoms with Crippen LogP contribution in [0.3, 0.4) is 0 Å². The van der Waals surface area contributed by atoms with Crippen LogP contribution in [0.2, 0.25) is 0 Å². The number of halogens is 6. The van der Waals surface area contributed by atoms with E-state index in [-0.39, 0.29) is 43.2 Å². The Labute approximate surface area is 214 Å². The fraction of sp³-hybridized carbons (Fsp3) is 0.214. The summed E-state index contributed by atoms with van der Waals surface area (Å²) in [6.45, 7) is 0.420. The molecule has 4 nitrogen and oxygen atoms in total. The molecule has 198 valence electrons. The van der Waals surface area contributed by atoms with Crippen molar-refractivity contribution < 1.29 is 35.8 Å². The van der Waals surface area contributed by atoms with Crippen molar-refractivity contribution in [3.05, 3.63) is 118 Å². The van der Waals surface area contributed by atoms with Gasteiger partial charge in [-0.15, -0.1) is 5.10 Å². The third-order valence-corrected chi connectivity index (χ3v) is 5.60.